The highest BCUT2D eigenvalue weighted by molar-refractivity contribution is 7.13. The van der Waals surface area contributed by atoms with Gasteiger partial charge in [-0.2, -0.15) is 4.37 Å². The third-order valence-electron chi connectivity index (χ3n) is 6.91. The van der Waals surface area contributed by atoms with Crippen molar-refractivity contribution in [2.45, 2.75) is 13.0 Å². The lowest BCUT2D eigenvalue weighted by Gasteiger charge is -2.11. The minimum atomic E-state index is -1.01. The number of hydrogen-bond donors (Lipinski definition) is 2. The van der Waals surface area contributed by atoms with Crippen molar-refractivity contribution in [3.8, 4) is 11.1 Å². The number of aromatic nitrogens is 1. The van der Waals surface area contributed by atoms with E-state index in [0.717, 1.165) is 37.7 Å². The third-order valence-corrected chi connectivity index (χ3v) is 7.74. The van der Waals surface area contributed by atoms with Crippen LogP contribution in [0.1, 0.15) is 37.5 Å². The summed E-state index contributed by atoms with van der Waals surface area (Å²) in [4.78, 5) is 24.8. The van der Waals surface area contributed by atoms with E-state index in [1.807, 2.05) is 18.2 Å². The largest absolute Gasteiger partial charge is 0.478 e. The highest BCUT2D eigenvalue weighted by Crippen LogP contribution is 2.34. The fourth-order valence-electron chi connectivity index (χ4n) is 4.87. The molecule has 0 spiro atoms. The second kappa shape index (κ2) is 10.7. The van der Waals surface area contributed by atoms with Crippen LogP contribution in [0.4, 0.5) is 4.39 Å². The van der Waals surface area contributed by atoms with Gasteiger partial charge >= 0.3 is 5.97 Å². The van der Waals surface area contributed by atoms with Crippen LogP contribution in [0.25, 0.3) is 32.0 Å². The molecule has 6 rings (SSSR count). The quantitative estimate of drug-likeness (QED) is 0.218. The SMILES string of the molecule is O=C(O)c1ccc(CNC(=O)c2cc(-c3ccccc3F)cc3snc(Cc4ccc5ccccc5c4)c23)cc1. The summed E-state index contributed by atoms with van der Waals surface area (Å²) in [5.41, 5.74) is 4.23. The van der Waals surface area contributed by atoms with E-state index in [4.69, 9.17) is 9.48 Å². The van der Waals surface area contributed by atoms with Crippen LogP contribution < -0.4 is 5.32 Å². The number of carbonyl (C=O) groups excluding carboxylic acids is 1. The number of hydrogen-bond acceptors (Lipinski definition) is 4. The van der Waals surface area contributed by atoms with Crippen LogP contribution in [0.2, 0.25) is 0 Å². The fraction of sp³-hybridized carbons (Fsp3) is 0.0606. The van der Waals surface area contributed by atoms with Crippen LogP contribution in [0.15, 0.2) is 103 Å². The number of carboxylic acid groups (broad SMARTS) is 1. The molecule has 0 aliphatic carbocycles. The number of halogens is 1. The van der Waals surface area contributed by atoms with Crippen molar-refractivity contribution < 1.29 is 19.1 Å². The zero-order chi connectivity index (χ0) is 27.6. The molecule has 0 saturated carbocycles. The molecule has 0 aliphatic heterocycles. The molecule has 0 fully saturated rings. The molecule has 7 heteroatoms. The van der Waals surface area contributed by atoms with Crippen LogP contribution in [0.5, 0.6) is 0 Å². The molecule has 5 nitrogen and oxygen atoms in total. The number of rotatable bonds is 7. The number of fused-ring (bicyclic) bond motifs is 2. The van der Waals surface area contributed by atoms with Gasteiger partial charge in [-0.05, 0) is 69.3 Å². The predicted octanol–water partition coefficient (Wildman–Crippen LogP) is 7.47. The Balaban J connectivity index is 1.38. The molecule has 0 radical (unpaired) electrons. The normalized spacial score (nSPS) is 11.1. The Hall–Kier alpha value is -4.88. The molecule has 1 amide bonds. The summed E-state index contributed by atoms with van der Waals surface area (Å²) in [5.74, 6) is -1.69. The second-order valence-electron chi connectivity index (χ2n) is 9.55. The van der Waals surface area contributed by atoms with Gasteiger partial charge in [-0.15, -0.1) is 0 Å². The van der Waals surface area contributed by atoms with E-state index in [2.05, 4.69) is 35.6 Å². The zero-order valence-corrected chi connectivity index (χ0v) is 22.0. The summed E-state index contributed by atoms with van der Waals surface area (Å²) in [6.45, 7) is 0.210. The summed E-state index contributed by atoms with van der Waals surface area (Å²) in [5, 5.41) is 15.1. The van der Waals surface area contributed by atoms with E-state index in [9.17, 15) is 14.0 Å². The van der Waals surface area contributed by atoms with Gasteiger partial charge in [0, 0.05) is 23.9 Å². The van der Waals surface area contributed by atoms with E-state index in [0.29, 0.717) is 23.1 Å². The van der Waals surface area contributed by atoms with Crippen molar-refractivity contribution in [1.82, 2.24) is 9.69 Å². The van der Waals surface area contributed by atoms with Crippen LogP contribution >= 0.6 is 11.5 Å². The molecule has 5 aromatic carbocycles. The summed E-state index contributed by atoms with van der Waals surface area (Å²) in [6, 6.07) is 30.9. The summed E-state index contributed by atoms with van der Waals surface area (Å²) in [6.07, 6.45) is 0.542. The smallest absolute Gasteiger partial charge is 0.335 e. The van der Waals surface area contributed by atoms with Crippen molar-refractivity contribution in [2.75, 3.05) is 0 Å². The molecule has 0 saturated heterocycles. The van der Waals surface area contributed by atoms with Crippen LogP contribution in [0.3, 0.4) is 0 Å². The number of benzene rings is 5. The van der Waals surface area contributed by atoms with Gasteiger partial charge < -0.3 is 10.4 Å². The fourth-order valence-corrected chi connectivity index (χ4v) is 5.73. The number of carboxylic acids is 1. The minimum absolute atomic E-state index is 0.178. The molecule has 0 bridgehead atoms. The van der Waals surface area contributed by atoms with E-state index in [1.54, 1.807) is 36.4 Å². The number of nitrogens with zero attached hydrogens (tertiary/aromatic N) is 1. The Bertz CT molecular complexity index is 1900. The molecule has 0 aliphatic rings. The van der Waals surface area contributed by atoms with Gasteiger partial charge in [0.15, 0.2) is 0 Å². The Morgan fingerprint density at radius 2 is 1.55 bits per heavy atom. The topological polar surface area (TPSA) is 79.3 Å². The molecule has 0 unspecified atom stereocenters. The number of amides is 1. The lowest BCUT2D eigenvalue weighted by molar-refractivity contribution is 0.0696. The van der Waals surface area contributed by atoms with Gasteiger partial charge in [-0.3, -0.25) is 4.79 Å². The summed E-state index contributed by atoms with van der Waals surface area (Å²) >= 11 is 1.29. The lowest BCUT2D eigenvalue weighted by Crippen LogP contribution is -2.23. The molecular weight excluding hydrogens is 523 g/mol. The van der Waals surface area contributed by atoms with Gasteiger partial charge in [-0.1, -0.05) is 72.8 Å². The Labute approximate surface area is 233 Å². The van der Waals surface area contributed by atoms with E-state index in [1.165, 1.54) is 29.7 Å². The molecular formula is C33H23FN2O3S. The Morgan fingerprint density at radius 1 is 0.825 bits per heavy atom. The van der Waals surface area contributed by atoms with Crippen LogP contribution in [0, 0.1) is 5.82 Å². The van der Waals surface area contributed by atoms with Crippen molar-refractivity contribution in [1.29, 1.82) is 0 Å². The Kier molecular flexibility index (Phi) is 6.80. The third kappa shape index (κ3) is 5.07. The van der Waals surface area contributed by atoms with Crippen LogP contribution in [-0.4, -0.2) is 21.4 Å². The van der Waals surface area contributed by atoms with Crippen molar-refractivity contribution in [3.05, 3.63) is 137 Å². The molecule has 2 N–H and O–H groups in total. The van der Waals surface area contributed by atoms with Crippen molar-refractivity contribution >= 4 is 44.3 Å². The molecule has 1 aromatic heterocycles. The monoisotopic (exact) mass is 546 g/mol. The average Bonchev–Trinajstić information content (AvgIpc) is 3.38. The number of nitrogens with one attached hydrogen (secondary N) is 1. The van der Waals surface area contributed by atoms with Crippen LogP contribution in [-0.2, 0) is 13.0 Å². The maximum Gasteiger partial charge on any atom is 0.335 e. The maximum atomic E-state index is 14.7. The Morgan fingerprint density at radius 3 is 2.33 bits per heavy atom. The first-order chi connectivity index (χ1) is 19.5. The first kappa shape index (κ1) is 25.4. The first-order valence-electron chi connectivity index (χ1n) is 12.7. The van der Waals surface area contributed by atoms with Gasteiger partial charge in [0.05, 0.1) is 21.5 Å². The van der Waals surface area contributed by atoms with Gasteiger partial charge in [0.2, 0.25) is 0 Å². The average molecular weight is 547 g/mol. The molecule has 6 aromatic rings. The zero-order valence-electron chi connectivity index (χ0n) is 21.2. The standard InChI is InChI=1S/C33H23FN2O3S/c34-28-8-4-3-7-26(28)25-17-27(32(37)35-19-20-9-13-23(14-10-20)33(38)39)31-29(36-40-30(31)18-25)16-21-11-12-22-5-1-2-6-24(22)15-21/h1-15,17-18H,16,19H2,(H,35,37)(H,38,39). The summed E-state index contributed by atoms with van der Waals surface area (Å²) < 4.78 is 20.3. The van der Waals surface area contributed by atoms with E-state index >= 15 is 0 Å². The molecule has 1 heterocycles. The van der Waals surface area contributed by atoms with E-state index < -0.39 is 5.97 Å². The summed E-state index contributed by atoms with van der Waals surface area (Å²) in [7, 11) is 0. The predicted molar refractivity (Wildman–Crippen MR) is 156 cm³/mol. The highest BCUT2D eigenvalue weighted by Gasteiger charge is 2.20. The maximum absolute atomic E-state index is 14.7. The minimum Gasteiger partial charge on any atom is -0.478 e. The molecule has 196 valence electrons. The highest BCUT2D eigenvalue weighted by atomic mass is 32.1. The van der Waals surface area contributed by atoms with Gasteiger partial charge in [0.25, 0.3) is 5.91 Å². The molecule has 0 atom stereocenters. The van der Waals surface area contributed by atoms with Gasteiger partial charge in [-0.25, -0.2) is 9.18 Å². The van der Waals surface area contributed by atoms with E-state index in [-0.39, 0.29) is 23.8 Å². The number of aromatic carboxylic acids is 1. The lowest BCUT2D eigenvalue weighted by atomic mass is 9.96. The molecule has 40 heavy (non-hydrogen) atoms. The van der Waals surface area contributed by atoms with Crippen molar-refractivity contribution in [2.24, 2.45) is 0 Å². The number of carbonyl (C=O) groups is 2. The van der Waals surface area contributed by atoms with Crippen molar-refractivity contribution in [3.63, 3.8) is 0 Å². The van der Waals surface area contributed by atoms with Gasteiger partial charge in [0.1, 0.15) is 5.82 Å². The second-order valence-corrected chi connectivity index (χ2v) is 10.4. The first-order valence-corrected chi connectivity index (χ1v) is 13.5.